The van der Waals surface area contributed by atoms with Gasteiger partial charge in [0.15, 0.2) is 11.5 Å². The van der Waals surface area contributed by atoms with Gasteiger partial charge in [-0.05, 0) is 59.0 Å². The van der Waals surface area contributed by atoms with Crippen molar-refractivity contribution < 1.29 is 19.4 Å². The van der Waals surface area contributed by atoms with Crippen LogP contribution in [0.25, 0.3) is 11.3 Å². The normalized spacial score (nSPS) is 12.2. The average molecular weight is 449 g/mol. The van der Waals surface area contributed by atoms with Crippen LogP contribution in [-0.4, -0.2) is 28.0 Å². The number of anilines is 1. The van der Waals surface area contributed by atoms with Crippen molar-refractivity contribution in [1.82, 2.24) is 10.2 Å². The molecule has 4 rings (SSSR count). The maximum atomic E-state index is 12.6. The quantitative estimate of drug-likeness (QED) is 0.421. The number of hydrogen-bond donors (Lipinski definition) is 3. The standard InChI is InChI=1S/C17H12IN3O4/c18-10-2-3-13(22)12(6-10)20-17(23)11-7-19-21-16(11)9-1-4-14-15(5-9)25-8-24-14/h1-7,22H,8H2,(H,19,21)(H,20,23). The Morgan fingerprint density at radius 3 is 2.92 bits per heavy atom. The van der Waals surface area contributed by atoms with E-state index in [1.807, 2.05) is 6.07 Å². The first-order valence-corrected chi connectivity index (χ1v) is 8.43. The topological polar surface area (TPSA) is 96.5 Å². The van der Waals surface area contributed by atoms with Crippen LogP contribution in [0.3, 0.4) is 0 Å². The summed E-state index contributed by atoms with van der Waals surface area (Å²) in [6, 6.07) is 10.4. The van der Waals surface area contributed by atoms with E-state index in [1.165, 1.54) is 12.3 Å². The number of fused-ring (bicyclic) bond motifs is 1. The highest BCUT2D eigenvalue weighted by Crippen LogP contribution is 2.36. The molecule has 126 valence electrons. The van der Waals surface area contributed by atoms with Gasteiger partial charge in [0.1, 0.15) is 5.75 Å². The van der Waals surface area contributed by atoms with Crippen molar-refractivity contribution >= 4 is 34.2 Å². The molecular formula is C17H12IN3O4. The van der Waals surface area contributed by atoms with Crippen molar-refractivity contribution in [2.75, 3.05) is 12.1 Å². The van der Waals surface area contributed by atoms with Gasteiger partial charge in [-0.25, -0.2) is 0 Å². The smallest absolute Gasteiger partial charge is 0.259 e. The van der Waals surface area contributed by atoms with E-state index < -0.39 is 0 Å². The number of rotatable bonds is 3. The highest BCUT2D eigenvalue weighted by atomic mass is 127. The molecule has 0 atom stereocenters. The monoisotopic (exact) mass is 449 g/mol. The summed E-state index contributed by atoms with van der Waals surface area (Å²) < 4.78 is 11.6. The summed E-state index contributed by atoms with van der Waals surface area (Å²) in [5.74, 6) is 0.910. The van der Waals surface area contributed by atoms with Crippen molar-refractivity contribution in [1.29, 1.82) is 0 Å². The Morgan fingerprint density at radius 1 is 1.20 bits per heavy atom. The van der Waals surface area contributed by atoms with Crippen molar-refractivity contribution in [3.63, 3.8) is 0 Å². The summed E-state index contributed by atoms with van der Waals surface area (Å²) in [5.41, 5.74) is 2.01. The summed E-state index contributed by atoms with van der Waals surface area (Å²) in [7, 11) is 0. The van der Waals surface area contributed by atoms with Gasteiger partial charge in [-0.1, -0.05) is 0 Å². The van der Waals surface area contributed by atoms with Gasteiger partial charge in [0.25, 0.3) is 5.91 Å². The number of aromatic nitrogens is 2. The third-order valence-electron chi connectivity index (χ3n) is 3.75. The van der Waals surface area contributed by atoms with Gasteiger partial charge >= 0.3 is 0 Å². The Morgan fingerprint density at radius 2 is 2.04 bits per heavy atom. The number of H-pyrrole nitrogens is 1. The van der Waals surface area contributed by atoms with Crippen LogP contribution < -0.4 is 14.8 Å². The van der Waals surface area contributed by atoms with E-state index in [9.17, 15) is 9.90 Å². The third kappa shape index (κ3) is 3.00. The van der Waals surface area contributed by atoms with E-state index in [2.05, 4.69) is 38.1 Å². The predicted molar refractivity (Wildman–Crippen MR) is 98.9 cm³/mol. The first-order valence-electron chi connectivity index (χ1n) is 7.35. The molecule has 7 nitrogen and oxygen atoms in total. The van der Waals surface area contributed by atoms with Crippen molar-refractivity contribution in [2.24, 2.45) is 0 Å². The van der Waals surface area contributed by atoms with Gasteiger partial charge in [0.2, 0.25) is 6.79 Å². The molecule has 1 aliphatic heterocycles. The zero-order valence-corrected chi connectivity index (χ0v) is 14.9. The number of phenols is 1. The van der Waals surface area contributed by atoms with Crippen LogP contribution >= 0.6 is 22.6 Å². The second kappa shape index (κ2) is 6.28. The van der Waals surface area contributed by atoms with Crippen LogP contribution in [0, 0.1) is 3.57 Å². The lowest BCUT2D eigenvalue weighted by atomic mass is 10.1. The van der Waals surface area contributed by atoms with Gasteiger partial charge in [0, 0.05) is 9.13 Å². The molecule has 0 radical (unpaired) electrons. The largest absolute Gasteiger partial charge is 0.506 e. The Labute approximate surface area is 156 Å². The van der Waals surface area contributed by atoms with Crippen LogP contribution in [0.15, 0.2) is 42.6 Å². The number of carbonyl (C=O) groups excluding carboxylic acids is 1. The maximum absolute atomic E-state index is 12.6. The molecule has 0 saturated heterocycles. The number of carbonyl (C=O) groups is 1. The van der Waals surface area contributed by atoms with Crippen LogP contribution in [0.4, 0.5) is 5.69 Å². The van der Waals surface area contributed by atoms with E-state index in [-0.39, 0.29) is 18.4 Å². The van der Waals surface area contributed by atoms with E-state index >= 15 is 0 Å². The first kappa shape index (κ1) is 15.8. The fourth-order valence-electron chi connectivity index (χ4n) is 2.53. The number of ether oxygens (including phenoxy) is 2. The van der Waals surface area contributed by atoms with Gasteiger partial charge in [-0.15, -0.1) is 0 Å². The summed E-state index contributed by atoms with van der Waals surface area (Å²) >= 11 is 2.11. The zero-order chi connectivity index (χ0) is 17.4. The molecule has 1 aromatic heterocycles. The summed E-state index contributed by atoms with van der Waals surface area (Å²) in [6.07, 6.45) is 1.44. The summed E-state index contributed by atoms with van der Waals surface area (Å²) in [6.45, 7) is 0.182. The van der Waals surface area contributed by atoms with Gasteiger partial charge in [-0.3, -0.25) is 9.89 Å². The van der Waals surface area contributed by atoms with Crippen LogP contribution in [-0.2, 0) is 0 Å². The van der Waals surface area contributed by atoms with Gasteiger partial charge in [0.05, 0.1) is 23.1 Å². The van der Waals surface area contributed by atoms with E-state index in [4.69, 9.17) is 9.47 Å². The van der Waals surface area contributed by atoms with Crippen molar-refractivity contribution in [3.05, 3.63) is 51.7 Å². The van der Waals surface area contributed by atoms with Crippen LogP contribution in [0.2, 0.25) is 0 Å². The number of halogens is 1. The average Bonchev–Trinajstić information content (AvgIpc) is 3.26. The molecule has 0 fully saturated rings. The zero-order valence-electron chi connectivity index (χ0n) is 12.7. The fourth-order valence-corrected chi connectivity index (χ4v) is 3.02. The molecule has 0 aliphatic carbocycles. The lowest BCUT2D eigenvalue weighted by molar-refractivity contribution is 0.102. The lowest BCUT2D eigenvalue weighted by Gasteiger charge is -2.08. The lowest BCUT2D eigenvalue weighted by Crippen LogP contribution is -2.12. The number of hydrogen-bond acceptors (Lipinski definition) is 5. The van der Waals surface area contributed by atoms with Gasteiger partial charge < -0.3 is 19.9 Å². The molecule has 8 heteroatoms. The molecule has 25 heavy (non-hydrogen) atoms. The number of nitrogens with zero attached hydrogens (tertiary/aromatic N) is 1. The molecular weight excluding hydrogens is 437 g/mol. The SMILES string of the molecule is O=C(Nc1cc(I)ccc1O)c1cn[nH]c1-c1ccc2c(c1)OCO2. The van der Waals surface area contributed by atoms with E-state index in [0.29, 0.717) is 28.4 Å². The maximum Gasteiger partial charge on any atom is 0.259 e. The second-order valence-electron chi connectivity index (χ2n) is 5.34. The highest BCUT2D eigenvalue weighted by molar-refractivity contribution is 14.1. The molecule has 1 amide bonds. The minimum atomic E-state index is -0.376. The fraction of sp³-hybridized carbons (Fsp3) is 0.0588. The van der Waals surface area contributed by atoms with Crippen LogP contribution in [0.1, 0.15) is 10.4 Å². The molecule has 3 aromatic rings. The summed E-state index contributed by atoms with van der Waals surface area (Å²) in [4.78, 5) is 12.6. The molecule has 0 unspecified atom stereocenters. The number of aromatic hydroxyl groups is 1. The molecule has 0 saturated carbocycles. The number of aromatic amines is 1. The molecule has 0 bridgehead atoms. The third-order valence-corrected chi connectivity index (χ3v) is 4.42. The number of benzene rings is 2. The number of nitrogens with one attached hydrogen (secondary N) is 2. The van der Waals surface area contributed by atoms with E-state index in [1.54, 1.807) is 24.3 Å². The molecule has 3 N–H and O–H groups in total. The first-order chi connectivity index (χ1) is 12.1. The van der Waals surface area contributed by atoms with Crippen molar-refractivity contribution in [2.45, 2.75) is 0 Å². The predicted octanol–water partition coefficient (Wildman–Crippen LogP) is 3.37. The van der Waals surface area contributed by atoms with Crippen molar-refractivity contribution in [3.8, 4) is 28.5 Å². The summed E-state index contributed by atoms with van der Waals surface area (Å²) in [5, 5.41) is 19.4. The Bertz CT molecular complexity index is 970. The number of amides is 1. The minimum absolute atomic E-state index is 0.00175. The van der Waals surface area contributed by atoms with Gasteiger partial charge in [-0.2, -0.15) is 5.10 Å². The molecule has 2 aromatic carbocycles. The minimum Gasteiger partial charge on any atom is -0.506 e. The second-order valence-corrected chi connectivity index (χ2v) is 6.59. The Hall–Kier alpha value is -2.75. The van der Waals surface area contributed by atoms with E-state index in [0.717, 1.165) is 9.13 Å². The Balaban J connectivity index is 1.65. The van der Waals surface area contributed by atoms with Crippen LogP contribution in [0.5, 0.6) is 17.2 Å². The molecule has 0 spiro atoms. The highest BCUT2D eigenvalue weighted by Gasteiger charge is 2.20. The molecule has 1 aliphatic rings. The number of phenolic OH excluding ortho intramolecular Hbond substituents is 1. The molecule has 2 heterocycles. The Kier molecular flexibility index (Phi) is 3.96.